The van der Waals surface area contributed by atoms with Gasteiger partial charge in [0.2, 0.25) is 5.91 Å². The summed E-state index contributed by atoms with van der Waals surface area (Å²) in [4.78, 5) is 11.3. The lowest BCUT2D eigenvalue weighted by molar-refractivity contribution is -0.119. The smallest absolute Gasteiger partial charge is 0.220 e. The molecule has 1 fully saturated rings. The van der Waals surface area contributed by atoms with Gasteiger partial charge in [0.1, 0.15) is 0 Å². The molecule has 1 amide bonds. The van der Waals surface area contributed by atoms with Crippen molar-refractivity contribution in [2.24, 2.45) is 0 Å². The normalized spacial score (nSPS) is 25.3. The van der Waals surface area contributed by atoms with Crippen molar-refractivity contribution in [1.82, 2.24) is 5.32 Å². The van der Waals surface area contributed by atoms with E-state index in [-0.39, 0.29) is 11.4 Å². The Balaban J connectivity index is 2.34. The van der Waals surface area contributed by atoms with Gasteiger partial charge < -0.3 is 5.32 Å². The van der Waals surface area contributed by atoms with Crippen LogP contribution in [0.1, 0.15) is 31.7 Å². The minimum Gasteiger partial charge on any atom is -0.347 e. The molecule has 1 aromatic carbocycles. The lowest BCUT2D eigenvalue weighted by atomic mass is 9.86. The highest BCUT2D eigenvalue weighted by molar-refractivity contribution is 6.30. The summed E-state index contributed by atoms with van der Waals surface area (Å²) in [7, 11) is 0. The van der Waals surface area contributed by atoms with Gasteiger partial charge in [0.25, 0.3) is 0 Å². The first-order valence-electron chi connectivity index (χ1n) is 5.23. The van der Waals surface area contributed by atoms with Crippen molar-refractivity contribution in [3.05, 3.63) is 34.9 Å². The zero-order valence-electron chi connectivity index (χ0n) is 8.72. The highest BCUT2D eigenvalue weighted by atomic mass is 35.5. The summed E-state index contributed by atoms with van der Waals surface area (Å²) >= 11 is 5.85. The maximum atomic E-state index is 11.3. The van der Waals surface area contributed by atoms with E-state index in [0.717, 1.165) is 23.4 Å². The Hall–Kier alpha value is -1.02. The van der Waals surface area contributed by atoms with Crippen molar-refractivity contribution in [3.63, 3.8) is 0 Å². The highest BCUT2D eigenvalue weighted by Crippen LogP contribution is 2.34. The van der Waals surface area contributed by atoms with Crippen molar-refractivity contribution < 1.29 is 4.79 Å². The predicted octanol–water partition coefficient (Wildman–Crippen LogP) is 2.86. The van der Waals surface area contributed by atoms with Gasteiger partial charge in [-0.1, -0.05) is 30.7 Å². The van der Waals surface area contributed by atoms with E-state index in [1.165, 1.54) is 0 Å². The Morgan fingerprint density at radius 3 is 2.53 bits per heavy atom. The van der Waals surface area contributed by atoms with Crippen molar-refractivity contribution in [2.75, 3.05) is 0 Å². The predicted molar refractivity (Wildman–Crippen MR) is 60.8 cm³/mol. The van der Waals surface area contributed by atoms with Crippen LogP contribution in [0.2, 0.25) is 5.02 Å². The second-order valence-corrected chi connectivity index (χ2v) is 4.43. The molecule has 0 spiro atoms. The zero-order valence-corrected chi connectivity index (χ0v) is 9.47. The maximum absolute atomic E-state index is 11.3. The monoisotopic (exact) mass is 223 g/mol. The Morgan fingerprint density at radius 1 is 1.40 bits per heavy atom. The third-order valence-electron chi connectivity index (χ3n) is 3.16. The fourth-order valence-corrected chi connectivity index (χ4v) is 2.30. The Labute approximate surface area is 94.6 Å². The van der Waals surface area contributed by atoms with Gasteiger partial charge in [-0.05, 0) is 30.5 Å². The van der Waals surface area contributed by atoms with E-state index in [0.29, 0.717) is 6.42 Å². The summed E-state index contributed by atoms with van der Waals surface area (Å²) < 4.78 is 0. The molecule has 0 radical (unpaired) electrons. The van der Waals surface area contributed by atoms with E-state index >= 15 is 0 Å². The number of amides is 1. The Kier molecular flexibility index (Phi) is 2.70. The van der Waals surface area contributed by atoms with Crippen LogP contribution in [0.4, 0.5) is 0 Å². The third kappa shape index (κ3) is 1.86. The minimum absolute atomic E-state index is 0.145. The van der Waals surface area contributed by atoms with Gasteiger partial charge in [-0.15, -0.1) is 0 Å². The molecule has 1 unspecified atom stereocenters. The lowest BCUT2D eigenvalue weighted by Gasteiger charge is -2.28. The van der Waals surface area contributed by atoms with E-state index in [9.17, 15) is 4.79 Å². The van der Waals surface area contributed by atoms with Gasteiger partial charge in [-0.25, -0.2) is 0 Å². The molecule has 2 nitrogen and oxygen atoms in total. The van der Waals surface area contributed by atoms with Crippen LogP contribution in [0.25, 0.3) is 0 Å². The van der Waals surface area contributed by atoms with E-state index < -0.39 is 0 Å². The molecule has 1 aliphatic rings. The number of benzene rings is 1. The molecule has 3 heteroatoms. The molecule has 0 aromatic heterocycles. The molecule has 15 heavy (non-hydrogen) atoms. The number of nitrogens with one attached hydrogen (secondary N) is 1. The number of hydrogen-bond acceptors (Lipinski definition) is 1. The fraction of sp³-hybridized carbons (Fsp3) is 0.417. The van der Waals surface area contributed by atoms with Crippen LogP contribution in [0.5, 0.6) is 0 Å². The van der Waals surface area contributed by atoms with Gasteiger partial charge in [-0.3, -0.25) is 4.79 Å². The number of carbonyl (C=O) groups excluding carboxylic acids is 1. The summed E-state index contributed by atoms with van der Waals surface area (Å²) in [5.41, 5.74) is 0.988. The van der Waals surface area contributed by atoms with Gasteiger partial charge in [0.15, 0.2) is 0 Å². The van der Waals surface area contributed by atoms with Crippen LogP contribution in [0.15, 0.2) is 24.3 Å². The van der Waals surface area contributed by atoms with Crippen LogP contribution in [0.3, 0.4) is 0 Å². The molecule has 2 rings (SSSR count). The second kappa shape index (κ2) is 3.86. The highest BCUT2D eigenvalue weighted by Gasteiger charge is 2.37. The summed E-state index contributed by atoms with van der Waals surface area (Å²) in [6.45, 7) is 2.10. The lowest BCUT2D eigenvalue weighted by Crippen LogP contribution is -2.38. The molecule has 1 aliphatic heterocycles. The van der Waals surface area contributed by atoms with Crippen LogP contribution >= 0.6 is 11.6 Å². The Bertz CT molecular complexity index is 374. The standard InChI is InChI=1S/C12H14ClNO/c1-2-12(8-7-11(15)14-12)9-3-5-10(13)6-4-9/h3-6H,2,7-8H2,1H3,(H,14,15). The summed E-state index contributed by atoms with van der Waals surface area (Å²) in [6.07, 6.45) is 2.42. The van der Waals surface area contributed by atoms with E-state index in [4.69, 9.17) is 11.6 Å². The van der Waals surface area contributed by atoms with Crippen LogP contribution in [0, 0.1) is 0 Å². The van der Waals surface area contributed by atoms with Gasteiger partial charge >= 0.3 is 0 Å². The van der Waals surface area contributed by atoms with Crippen molar-refractivity contribution in [2.45, 2.75) is 31.7 Å². The molecular weight excluding hydrogens is 210 g/mol. The largest absolute Gasteiger partial charge is 0.347 e. The first kappa shape index (κ1) is 10.5. The molecule has 1 heterocycles. The summed E-state index contributed by atoms with van der Waals surface area (Å²) in [5.74, 6) is 0.145. The van der Waals surface area contributed by atoms with Crippen LogP contribution in [-0.2, 0) is 10.3 Å². The molecule has 0 saturated carbocycles. The molecule has 1 aromatic rings. The van der Waals surface area contributed by atoms with Crippen LogP contribution < -0.4 is 5.32 Å². The minimum atomic E-state index is -0.165. The SMILES string of the molecule is CCC1(c2ccc(Cl)cc2)CCC(=O)N1. The average Bonchev–Trinajstić information content (AvgIpc) is 2.62. The van der Waals surface area contributed by atoms with Crippen molar-refractivity contribution >= 4 is 17.5 Å². The average molecular weight is 224 g/mol. The Morgan fingerprint density at radius 2 is 2.07 bits per heavy atom. The van der Waals surface area contributed by atoms with Gasteiger partial charge in [0, 0.05) is 11.4 Å². The second-order valence-electron chi connectivity index (χ2n) is 3.99. The molecule has 1 saturated heterocycles. The number of halogens is 1. The first-order valence-corrected chi connectivity index (χ1v) is 5.61. The van der Waals surface area contributed by atoms with Crippen molar-refractivity contribution in [1.29, 1.82) is 0 Å². The van der Waals surface area contributed by atoms with E-state index in [2.05, 4.69) is 12.2 Å². The van der Waals surface area contributed by atoms with E-state index in [1.807, 2.05) is 24.3 Å². The molecular formula is C12H14ClNO. The number of rotatable bonds is 2. The number of carbonyl (C=O) groups is 1. The van der Waals surface area contributed by atoms with Crippen LogP contribution in [-0.4, -0.2) is 5.91 Å². The van der Waals surface area contributed by atoms with Gasteiger partial charge in [0.05, 0.1) is 5.54 Å². The van der Waals surface area contributed by atoms with Gasteiger partial charge in [-0.2, -0.15) is 0 Å². The number of hydrogen-bond donors (Lipinski definition) is 1. The fourth-order valence-electron chi connectivity index (χ4n) is 2.17. The zero-order chi connectivity index (χ0) is 10.9. The molecule has 0 bridgehead atoms. The topological polar surface area (TPSA) is 29.1 Å². The quantitative estimate of drug-likeness (QED) is 0.821. The summed E-state index contributed by atoms with van der Waals surface area (Å²) in [5, 5.41) is 3.80. The summed E-state index contributed by atoms with van der Waals surface area (Å²) in [6, 6.07) is 7.74. The third-order valence-corrected chi connectivity index (χ3v) is 3.41. The molecule has 80 valence electrons. The first-order chi connectivity index (χ1) is 7.16. The molecule has 1 N–H and O–H groups in total. The maximum Gasteiger partial charge on any atom is 0.220 e. The molecule has 1 atom stereocenters. The molecule has 0 aliphatic carbocycles. The van der Waals surface area contributed by atoms with E-state index in [1.54, 1.807) is 0 Å². The van der Waals surface area contributed by atoms with Crippen molar-refractivity contribution in [3.8, 4) is 0 Å².